The van der Waals surface area contributed by atoms with Gasteiger partial charge in [0.2, 0.25) is 5.91 Å². The Labute approximate surface area is 129 Å². The number of nitrogen functional groups attached to an aromatic ring is 1. The fraction of sp³-hybridized carbons (Fsp3) is 0.188. The number of halogens is 1. The van der Waals surface area contributed by atoms with Crippen molar-refractivity contribution < 1.29 is 4.79 Å². The number of hydrogen-bond acceptors (Lipinski definition) is 3. The summed E-state index contributed by atoms with van der Waals surface area (Å²) in [5, 5.41) is 3.31. The average Bonchev–Trinajstić information content (AvgIpc) is 2.43. The van der Waals surface area contributed by atoms with Crippen molar-refractivity contribution in [3.63, 3.8) is 0 Å². The summed E-state index contributed by atoms with van der Waals surface area (Å²) < 4.78 is 0. The molecular weight excluding hydrogens is 286 g/mol. The molecule has 0 bridgehead atoms. The van der Waals surface area contributed by atoms with Crippen LogP contribution in [-0.4, -0.2) is 19.5 Å². The third kappa shape index (κ3) is 4.13. The van der Waals surface area contributed by atoms with Crippen LogP contribution in [-0.2, 0) is 4.79 Å². The number of hydrogen-bond donors (Lipinski definition) is 2. The Balaban J connectivity index is 2.01. The second-order valence-electron chi connectivity index (χ2n) is 4.97. The Bertz CT molecular complexity index is 640. The summed E-state index contributed by atoms with van der Waals surface area (Å²) in [5.41, 5.74) is 9.00. The van der Waals surface area contributed by atoms with Crippen LogP contribution in [0.15, 0.2) is 42.5 Å². The minimum absolute atomic E-state index is 0.146. The van der Waals surface area contributed by atoms with Gasteiger partial charge in [0.05, 0.1) is 17.9 Å². The van der Waals surface area contributed by atoms with Crippen molar-refractivity contribution in [3.05, 3.63) is 53.1 Å². The lowest BCUT2D eigenvalue weighted by atomic mass is 10.2. The van der Waals surface area contributed by atoms with Crippen molar-refractivity contribution in [1.29, 1.82) is 0 Å². The molecule has 2 aromatic carbocycles. The molecule has 5 heteroatoms. The molecule has 0 saturated carbocycles. The van der Waals surface area contributed by atoms with E-state index in [1.165, 1.54) is 5.56 Å². The fourth-order valence-electron chi connectivity index (χ4n) is 1.93. The Morgan fingerprint density at radius 1 is 1.24 bits per heavy atom. The zero-order chi connectivity index (χ0) is 15.4. The van der Waals surface area contributed by atoms with Crippen LogP contribution in [0.5, 0.6) is 0 Å². The summed E-state index contributed by atoms with van der Waals surface area (Å²) >= 11 is 5.90. The van der Waals surface area contributed by atoms with E-state index in [0.717, 1.165) is 5.69 Å². The van der Waals surface area contributed by atoms with Crippen molar-refractivity contribution in [3.8, 4) is 0 Å². The molecule has 0 fully saturated rings. The summed E-state index contributed by atoms with van der Waals surface area (Å²) in [6.07, 6.45) is 0. The van der Waals surface area contributed by atoms with E-state index < -0.39 is 0 Å². The van der Waals surface area contributed by atoms with E-state index in [2.05, 4.69) is 5.32 Å². The Morgan fingerprint density at radius 2 is 1.90 bits per heavy atom. The quantitative estimate of drug-likeness (QED) is 0.852. The minimum Gasteiger partial charge on any atom is -0.397 e. The highest BCUT2D eigenvalue weighted by atomic mass is 35.5. The predicted molar refractivity (Wildman–Crippen MR) is 88.9 cm³/mol. The molecule has 3 N–H and O–H groups in total. The monoisotopic (exact) mass is 303 g/mol. The van der Waals surface area contributed by atoms with Gasteiger partial charge in [0.1, 0.15) is 0 Å². The maximum Gasteiger partial charge on any atom is 0.243 e. The molecule has 0 aliphatic carbocycles. The molecule has 2 aromatic rings. The van der Waals surface area contributed by atoms with E-state index in [0.29, 0.717) is 16.4 Å². The van der Waals surface area contributed by atoms with E-state index in [1.54, 1.807) is 18.2 Å². The van der Waals surface area contributed by atoms with Crippen LogP contribution in [0.25, 0.3) is 0 Å². The lowest BCUT2D eigenvalue weighted by Gasteiger charge is -2.19. The summed E-state index contributed by atoms with van der Waals surface area (Å²) in [4.78, 5) is 13.9. The molecule has 0 aromatic heterocycles. The van der Waals surface area contributed by atoms with Crippen molar-refractivity contribution in [2.24, 2.45) is 0 Å². The van der Waals surface area contributed by atoms with E-state index >= 15 is 0 Å². The SMILES string of the molecule is Cc1ccc(N(C)CC(=O)Nc2cc(Cl)ccc2N)cc1. The van der Waals surface area contributed by atoms with Crippen LogP contribution in [0.4, 0.5) is 17.1 Å². The second-order valence-corrected chi connectivity index (χ2v) is 5.41. The van der Waals surface area contributed by atoms with E-state index in [4.69, 9.17) is 17.3 Å². The molecule has 0 atom stereocenters. The van der Waals surface area contributed by atoms with Gasteiger partial charge in [-0.05, 0) is 37.3 Å². The summed E-state index contributed by atoms with van der Waals surface area (Å²) in [7, 11) is 1.87. The van der Waals surface area contributed by atoms with E-state index in [1.807, 2.05) is 43.1 Å². The topological polar surface area (TPSA) is 58.4 Å². The number of carbonyl (C=O) groups is 1. The number of nitrogens with two attached hydrogens (primary N) is 1. The minimum atomic E-state index is -0.146. The highest BCUT2D eigenvalue weighted by molar-refractivity contribution is 6.31. The Kier molecular flexibility index (Phi) is 4.70. The van der Waals surface area contributed by atoms with Crippen molar-refractivity contribution in [2.75, 3.05) is 29.5 Å². The molecule has 0 aliphatic rings. The Morgan fingerprint density at radius 3 is 2.57 bits per heavy atom. The molecule has 0 saturated heterocycles. The average molecular weight is 304 g/mol. The first-order valence-corrected chi connectivity index (χ1v) is 6.96. The van der Waals surface area contributed by atoms with Crippen molar-refractivity contribution in [2.45, 2.75) is 6.92 Å². The molecule has 0 radical (unpaired) electrons. The largest absolute Gasteiger partial charge is 0.397 e. The van der Waals surface area contributed by atoms with Crippen LogP contribution in [0.1, 0.15) is 5.56 Å². The second kappa shape index (κ2) is 6.50. The molecule has 0 heterocycles. The zero-order valence-electron chi connectivity index (χ0n) is 12.1. The molecule has 110 valence electrons. The lowest BCUT2D eigenvalue weighted by Crippen LogP contribution is -2.30. The first-order chi connectivity index (χ1) is 9.95. The highest BCUT2D eigenvalue weighted by Crippen LogP contribution is 2.23. The number of nitrogens with zero attached hydrogens (tertiary/aromatic N) is 1. The number of carbonyl (C=O) groups excluding carboxylic acids is 1. The third-order valence-electron chi connectivity index (χ3n) is 3.14. The number of aryl methyl sites for hydroxylation is 1. The first kappa shape index (κ1) is 15.2. The summed E-state index contributed by atoms with van der Waals surface area (Å²) in [6, 6.07) is 13.0. The molecular formula is C16H18ClN3O. The molecule has 0 unspecified atom stereocenters. The van der Waals surface area contributed by atoms with Gasteiger partial charge in [-0.25, -0.2) is 0 Å². The smallest absolute Gasteiger partial charge is 0.243 e. The fourth-order valence-corrected chi connectivity index (χ4v) is 2.10. The number of anilines is 3. The number of nitrogens with one attached hydrogen (secondary N) is 1. The van der Waals surface area contributed by atoms with Crippen molar-refractivity contribution in [1.82, 2.24) is 0 Å². The van der Waals surface area contributed by atoms with Gasteiger partial charge in [-0.15, -0.1) is 0 Å². The Hall–Kier alpha value is -2.20. The van der Waals surface area contributed by atoms with E-state index in [9.17, 15) is 4.79 Å². The molecule has 21 heavy (non-hydrogen) atoms. The van der Waals surface area contributed by atoms with Crippen LogP contribution in [0, 0.1) is 6.92 Å². The highest BCUT2D eigenvalue weighted by Gasteiger charge is 2.09. The lowest BCUT2D eigenvalue weighted by molar-refractivity contribution is -0.114. The predicted octanol–water partition coefficient (Wildman–Crippen LogP) is 3.31. The molecule has 0 aliphatic heterocycles. The van der Waals surface area contributed by atoms with Gasteiger partial charge < -0.3 is 16.0 Å². The van der Waals surface area contributed by atoms with Crippen LogP contribution < -0.4 is 16.0 Å². The molecule has 2 rings (SSSR count). The normalized spacial score (nSPS) is 10.2. The number of rotatable bonds is 4. The standard InChI is InChI=1S/C16H18ClN3O/c1-11-3-6-13(7-4-11)20(2)10-16(21)19-15-9-12(17)5-8-14(15)18/h3-9H,10,18H2,1-2H3,(H,19,21). The molecule has 1 amide bonds. The first-order valence-electron chi connectivity index (χ1n) is 6.58. The maximum atomic E-state index is 12.1. The van der Waals surface area contributed by atoms with Gasteiger partial charge in [-0.3, -0.25) is 4.79 Å². The van der Waals surface area contributed by atoms with Gasteiger partial charge in [-0.1, -0.05) is 29.3 Å². The van der Waals surface area contributed by atoms with Crippen LogP contribution >= 0.6 is 11.6 Å². The number of benzene rings is 2. The van der Waals surface area contributed by atoms with Gasteiger partial charge in [0, 0.05) is 17.8 Å². The van der Waals surface area contributed by atoms with E-state index in [-0.39, 0.29) is 12.5 Å². The van der Waals surface area contributed by atoms with Gasteiger partial charge in [-0.2, -0.15) is 0 Å². The van der Waals surface area contributed by atoms with Gasteiger partial charge >= 0.3 is 0 Å². The summed E-state index contributed by atoms with van der Waals surface area (Å²) in [5.74, 6) is -0.146. The van der Waals surface area contributed by atoms with Gasteiger partial charge in [0.25, 0.3) is 0 Å². The van der Waals surface area contributed by atoms with Crippen LogP contribution in [0.2, 0.25) is 5.02 Å². The summed E-state index contributed by atoms with van der Waals surface area (Å²) in [6.45, 7) is 2.26. The zero-order valence-corrected chi connectivity index (χ0v) is 12.8. The van der Waals surface area contributed by atoms with Crippen LogP contribution in [0.3, 0.4) is 0 Å². The number of amides is 1. The van der Waals surface area contributed by atoms with Gasteiger partial charge in [0.15, 0.2) is 0 Å². The third-order valence-corrected chi connectivity index (χ3v) is 3.38. The maximum absolute atomic E-state index is 12.1. The molecule has 4 nitrogen and oxygen atoms in total. The molecule has 0 spiro atoms. The number of likely N-dealkylation sites (N-methyl/N-ethyl adjacent to an activating group) is 1. The van der Waals surface area contributed by atoms with Crippen molar-refractivity contribution >= 4 is 34.6 Å².